The van der Waals surface area contributed by atoms with Crippen LogP contribution in [0.2, 0.25) is 5.02 Å². The summed E-state index contributed by atoms with van der Waals surface area (Å²) < 4.78 is 1.44. The van der Waals surface area contributed by atoms with Crippen LogP contribution >= 0.6 is 23.4 Å². The van der Waals surface area contributed by atoms with Gasteiger partial charge in [0.2, 0.25) is 11.8 Å². The Kier molecular flexibility index (Phi) is 7.44. The molecule has 1 atom stereocenters. The molecule has 0 aliphatic carbocycles. The van der Waals surface area contributed by atoms with E-state index >= 15 is 0 Å². The van der Waals surface area contributed by atoms with Gasteiger partial charge >= 0.3 is 0 Å². The first-order valence-corrected chi connectivity index (χ1v) is 9.74. The largest absolute Gasteiger partial charge is 0.355 e. The Morgan fingerprint density at radius 1 is 1.44 bits per heavy atom. The summed E-state index contributed by atoms with van der Waals surface area (Å²) >= 11 is 7.09. The number of hydrogen-bond acceptors (Lipinski definition) is 5. The molecule has 0 fully saturated rings. The number of carbonyl (C=O) groups excluding carboxylic acids is 2. The molecule has 0 saturated carbocycles. The van der Waals surface area contributed by atoms with E-state index in [0.717, 1.165) is 11.8 Å². The van der Waals surface area contributed by atoms with Crippen molar-refractivity contribution in [2.45, 2.75) is 31.6 Å². The maximum atomic E-state index is 12.7. The van der Waals surface area contributed by atoms with Gasteiger partial charge in [-0.15, -0.1) is 6.58 Å². The van der Waals surface area contributed by atoms with Crippen LogP contribution in [0.1, 0.15) is 13.8 Å². The number of nitrogens with zero attached hydrogens (tertiary/aromatic N) is 2. The number of nitrogens with one attached hydrogen (secondary N) is 2. The minimum atomic E-state index is -0.639. The first kappa shape index (κ1) is 21.0. The number of halogens is 1. The van der Waals surface area contributed by atoms with Crippen LogP contribution < -0.4 is 16.2 Å². The summed E-state index contributed by atoms with van der Waals surface area (Å²) in [5.41, 5.74) is 0.254. The lowest BCUT2D eigenvalue weighted by Crippen LogP contribution is -2.45. The van der Waals surface area contributed by atoms with E-state index in [1.54, 1.807) is 38.1 Å². The van der Waals surface area contributed by atoms with Crippen molar-refractivity contribution >= 4 is 46.1 Å². The lowest BCUT2D eigenvalue weighted by atomic mass is 10.2. The third kappa shape index (κ3) is 5.33. The highest BCUT2D eigenvalue weighted by Crippen LogP contribution is 2.20. The Hall–Kier alpha value is -2.32. The van der Waals surface area contributed by atoms with Gasteiger partial charge in [-0.1, -0.05) is 29.4 Å². The number of likely N-dealkylation sites (N-methyl/N-ethyl adjacent to an activating group) is 1. The molecule has 1 heterocycles. The number of fused-ring (bicyclic) bond motifs is 1. The normalized spacial score (nSPS) is 11.8. The summed E-state index contributed by atoms with van der Waals surface area (Å²) in [4.78, 5) is 41.0. The van der Waals surface area contributed by atoms with Crippen molar-refractivity contribution in [3.05, 3.63) is 46.2 Å². The van der Waals surface area contributed by atoms with Crippen LogP contribution in [0, 0.1) is 0 Å². The first-order valence-electron chi connectivity index (χ1n) is 8.38. The molecule has 27 heavy (non-hydrogen) atoms. The number of amides is 2. The molecule has 7 nitrogen and oxygen atoms in total. The Balaban J connectivity index is 2.20. The van der Waals surface area contributed by atoms with Crippen molar-refractivity contribution < 1.29 is 9.59 Å². The lowest BCUT2D eigenvalue weighted by molar-refractivity contribution is -0.127. The van der Waals surface area contributed by atoms with Gasteiger partial charge in [0.25, 0.3) is 5.56 Å². The van der Waals surface area contributed by atoms with Crippen LogP contribution in [0.15, 0.2) is 40.8 Å². The molecule has 0 spiro atoms. The maximum absolute atomic E-state index is 12.7. The zero-order valence-corrected chi connectivity index (χ0v) is 16.7. The average Bonchev–Trinajstić information content (AvgIpc) is 2.63. The van der Waals surface area contributed by atoms with Crippen molar-refractivity contribution in [3.63, 3.8) is 0 Å². The first-order chi connectivity index (χ1) is 12.9. The Morgan fingerprint density at radius 2 is 2.19 bits per heavy atom. The van der Waals surface area contributed by atoms with Gasteiger partial charge in [-0.25, -0.2) is 4.98 Å². The van der Waals surface area contributed by atoms with Crippen molar-refractivity contribution in [1.29, 1.82) is 0 Å². The zero-order chi connectivity index (χ0) is 20.0. The van der Waals surface area contributed by atoms with Crippen molar-refractivity contribution in [2.24, 2.45) is 0 Å². The summed E-state index contributed by atoms with van der Waals surface area (Å²) in [6, 6.07) is 4.25. The lowest BCUT2D eigenvalue weighted by Gasteiger charge is -2.14. The number of benzene rings is 1. The number of aromatic nitrogens is 2. The SMILES string of the molecule is C=CCn1c(SCC(=O)N[C@@H](C)C(=O)NCC)nc2ccc(Cl)cc2c1=O. The molecule has 1 aromatic heterocycles. The Labute approximate surface area is 166 Å². The molecule has 0 aliphatic heterocycles. The van der Waals surface area contributed by atoms with Gasteiger partial charge in [0.05, 0.1) is 16.7 Å². The molecule has 9 heteroatoms. The fourth-order valence-electron chi connectivity index (χ4n) is 2.38. The van der Waals surface area contributed by atoms with E-state index < -0.39 is 6.04 Å². The van der Waals surface area contributed by atoms with Gasteiger partial charge in [-0.3, -0.25) is 19.0 Å². The van der Waals surface area contributed by atoms with E-state index in [9.17, 15) is 14.4 Å². The zero-order valence-electron chi connectivity index (χ0n) is 15.1. The van der Waals surface area contributed by atoms with Crippen LogP contribution in [0.4, 0.5) is 0 Å². The second-order valence-corrected chi connectivity index (χ2v) is 7.11. The van der Waals surface area contributed by atoms with Gasteiger partial charge in [0.1, 0.15) is 6.04 Å². The summed E-state index contributed by atoms with van der Waals surface area (Å²) in [6.07, 6.45) is 1.58. The van der Waals surface area contributed by atoms with Crippen molar-refractivity contribution in [1.82, 2.24) is 20.2 Å². The summed E-state index contributed by atoms with van der Waals surface area (Å²) in [5.74, 6) is -0.554. The molecule has 0 radical (unpaired) electrons. The summed E-state index contributed by atoms with van der Waals surface area (Å²) in [7, 11) is 0. The van der Waals surface area contributed by atoms with E-state index in [1.165, 1.54) is 4.57 Å². The van der Waals surface area contributed by atoms with Gasteiger partial charge in [-0.2, -0.15) is 0 Å². The fraction of sp³-hybridized carbons (Fsp3) is 0.333. The van der Waals surface area contributed by atoms with Crippen LogP contribution in [0.3, 0.4) is 0 Å². The fourth-order valence-corrected chi connectivity index (χ4v) is 3.37. The predicted molar refractivity (Wildman–Crippen MR) is 108 cm³/mol. The minimum absolute atomic E-state index is 0.0203. The molecule has 2 amide bonds. The molecule has 2 aromatic rings. The number of allylic oxidation sites excluding steroid dienone is 1. The van der Waals surface area contributed by atoms with Gasteiger partial charge in [-0.05, 0) is 32.0 Å². The van der Waals surface area contributed by atoms with E-state index in [-0.39, 0.29) is 29.7 Å². The minimum Gasteiger partial charge on any atom is -0.355 e. The van der Waals surface area contributed by atoms with Gasteiger partial charge in [0, 0.05) is 18.1 Å². The molecule has 2 rings (SSSR count). The highest BCUT2D eigenvalue weighted by atomic mass is 35.5. The van der Waals surface area contributed by atoms with Gasteiger partial charge in [0.15, 0.2) is 5.16 Å². The molecule has 0 bridgehead atoms. The molecular formula is C18H21ClN4O3S. The Morgan fingerprint density at radius 3 is 2.85 bits per heavy atom. The molecule has 144 valence electrons. The molecule has 2 N–H and O–H groups in total. The maximum Gasteiger partial charge on any atom is 0.262 e. The highest BCUT2D eigenvalue weighted by molar-refractivity contribution is 7.99. The molecule has 0 unspecified atom stereocenters. The second kappa shape index (κ2) is 9.57. The van der Waals surface area contributed by atoms with E-state index in [0.29, 0.717) is 27.6 Å². The second-order valence-electron chi connectivity index (χ2n) is 5.73. The Bertz CT molecular complexity index is 929. The molecule has 1 aromatic carbocycles. The topological polar surface area (TPSA) is 93.1 Å². The molecule has 0 aliphatic rings. The third-order valence-corrected chi connectivity index (χ3v) is 4.86. The van der Waals surface area contributed by atoms with Crippen LogP contribution in [0.5, 0.6) is 0 Å². The molecular weight excluding hydrogens is 388 g/mol. The van der Waals surface area contributed by atoms with Crippen molar-refractivity contribution in [2.75, 3.05) is 12.3 Å². The van der Waals surface area contributed by atoms with E-state index in [1.807, 2.05) is 0 Å². The smallest absolute Gasteiger partial charge is 0.262 e. The summed E-state index contributed by atoms with van der Waals surface area (Å²) in [5, 5.41) is 6.52. The third-order valence-electron chi connectivity index (χ3n) is 3.65. The monoisotopic (exact) mass is 408 g/mol. The number of thioether (sulfide) groups is 1. The predicted octanol–water partition coefficient (Wildman–Crippen LogP) is 1.97. The average molecular weight is 409 g/mol. The van der Waals surface area contributed by atoms with Gasteiger partial charge < -0.3 is 10.6 Å². The van der Waals surface area contributed by atoms with E-state index in [4.69, 9.17) is 11.6 Å². The number of rotatable bonds is 8. The quantitative estimate of drug-likeness (QED) is 0.395. The molecule has 0 saturated heterocycles. The van der Waals surface area contributed by atoms with Crippen molar-refractivity contribution in [3.8, 4) is 0 Å². The van der Waals surface area contributed by atoms with Crippen LogP contribution in [0.25, 0.3) is 10.9 Å². The van der Waals surface area contributed by atoms with Crippen LogP contribution in [-0.4, -0.2) is 39.7 Å². The van der Waals surface area contributed by atoms with Crippen LogP contribution in [-0.2, 0) is 16.1 Å². The highest BCUT2D eigenvalue weighted by Gasteiger charge is 2.17. The number of carbonyl (C=O) groups is 2. The summed E-state index contributed by atoms with van der Waals surface area (Å²) in [6.45, 7) is 7.83. The number of hydrogen-bond donors (Lipinski definition) is 2. The standard InChI is InChI=1S/C18H21ClN4O3S/c1-4-8-23-17(26)13-9-12(19)6-7-14(13)22-18(23)27-10-15(24)21-11(3)16(25)20-5-2/h4,6-7,9,11H,1,5,8,10H2,2-3H3,(H,20,25)(H,21,24)/t11-/m0/s1. The van der Waals surface area contributed by atoms with E-state index in [2.05, 4.69) is 22.2 Å².